The minimum Gasteiger partial charge on any atom is -0.457 e. The number of anilines is 2. The number of thioether (sulfide) groups is 1. The average molecular weight is 496 g/mol. The van der Waals surface area contributed by atoms with Crippen molar-refractivity contribution in [3.63, 3.8) is 0 Å². The van der Waals surface area contributed by atoms with Crippen LogP contribution in [0, 0.1) is 11.6 Å². The second kappa shape index (κ2) is 11.1. The second-order valence-corrected chi connectivity index (χ2v) is 7.91. The van der Waals surface area contributed by atoms with Crippen molar-refractivity contribution in [3.8, 4) is 11.5 Å². The predicted molar refractivity (Wildman–Crippen MR) is 130 cm³/mol. The number of para-hydroxylation sites is 2. The van der Waals surface area contributed by atoms with Gasteiger partial charge in [-0.2, -0.15) is 5.10 Å². The summed E-state index contributed by atoms with van der Waals surface area (Å²) < 4.78 is 34.2. The van der Waals surface area contributed by atoms with Gasteiger partial charge >= 0.3 is 0 Å². The summed E-state index contributed by atoms with van der Waals surface area (Å²) in [6.07, 6.45) is 1.55. The van der Waals surface area contributed by atoms with Crippen LogP contribution < -0.4 is 21.3 Å². The summed E-state index contributed by atoms with van der Waals surface area (Å²) >= 11 is 0.939. The van der Waals surface area contributed by atoms with E-state index in [9.17, 15) is 13.6 Å². The van der Waals surface area contributed by atoms with Gasteiger partial charge in [0.25, 0.3) is 5.95 Å². The summed E-state index contributed by atoms with van der Waals surface area (Å²) in [4.78, 5) is 12.1. The Hall–Kier alpha value is -4.45. The second-order valence-electron chi connectivity index (χ2n) is 6.97. The van der Waals surface area contributed by atoms with E-state index in [0.717, 1.165) is 34.1 Å². The molecule has 1 amide bonds. The predicted octanol–water partition coefficient (Wildman–Crippen LogP) is 4.24. The summed E-state index contributed by atoms with van der Waals surface area (Å²) in [5, 5.41) is 14.2. The summed E-state index contributed by atoms with van der Waals surface area (Å²) in [6, 6.07) is 20.0. The van der Waals surface area contributed by atoms with Crippen molar-refractivity contribution < 1.29 is 18.3 Å². The number of hydrogen-bond acceptors (Lipinski definition) is 8. The van der Waals surface area contributed by atoms with E-state index in [-0.39, 0.29) is 16.9 Å². The Morgan fingerprint density at radius 1 is 1.03 bits per heavy atom. The maximum atomic E-state index is 13.7. The lowest BCUT2D eigenvalue weighted by Crippen LogP contribution is -2.18. The molecule has 35 heavy (non-hydrogen) atoms. The fourth-order valence-electron chi connectivity index (χ4n) is 2.82. The highest BCUT2D eigenvalue weighted by atomic mass is 32.2. The third-order valence-electron chi connectivity index (χ3n) is 4.44. The zero-order valence-electron chi connectivity index (χ0n) is 18.1. The van der Waals surface area contributed by atoms with Gasteiger partial charge in [0.15, 0.2) is 0 Å². The molecule has 0 aliphatic carbocycles. The molecule has 9 nitrogen and oxygen atoms in total. The quantitative estimate of drug-likeness (QED) is 0.138. The van der Waals surface area contributed by atoms with E-state index < -0.39 is 23.2 Å². The van der Waals surface area contributed by atoms with Crippen LogP contribution in [0.25, 0.3) is 0 Å². The van der Waals surface area contributed by atoms with E-state index in [1.807, 2.05) is 54.6 Å². The molecule has 12 heteroatoms. The van der Waals surface area contributed by atoms with Crippen molar-refractivity contribution in [2.45, 2.75) is 5.16 Å². The summed E-state index contributed by atoms with van der Waals surface area (Å²) in [7, 11) is 0. The van der Waals surface area contributed by atoms with E-state index in [0.29, 0.717) is 11.5 Å². The molecule has 0 saturated carbocycles. The van der Waals surface area contributed by atoms with Gasteiger partial charge in [-0.1, -0.05) is 48.2 Å². The van der Waals surface area contributed by atoms with E-state index in [1.54, 1.807) is 6.21 Å². The Bertz CT molecular complexity index is 1330. The molecule has 1 aromatic heterocycles. The van der Waals surface area contributed by atoms with Gasteiger partial charge in [0.05, 0.1) is 12.0 Å². The highest BCUT2D eigenvalue weighted by molar-refractivity contribution is 7.99. The van der Waals surface area contributed by atoms with Crippen LogP contribution in [-0.2, 0) is 4.79 Å². The first-order chi connectivity index (χ1) is 17.0. The topological polar surface area (TPSA) is 119 Å². The Balaban J connectivity index is 1.31. The summed E-state index contributed by atoms with van der Waals surface area (Å²) in [5.41, 5.74) is 2.93. The molecule has 0 atom stereocenters. The Kier molecular flexibility index (Phi) is 7.53. The first-order valence-electron chi connectivity index (χ1n) is 10.2. The van der Waals surface area contributed by atoms with Gasteiger partial charge in [0.2, 0.25) is 11.1 Å². The normalized spacial score (nSPS) is 10.9. The highest BCUT2D eigenvalue weighted by Crippen LogP contribution is 2.22. The number of nitrogen functional groups attached to an aromatic ring is 1. The van der Waals surface area contributed by atoms with Gasteiger partial charge in [-0.25, -0.2) is 18.9 Å². The smallest absolute Gasteiger partial charge is 0.264 e. The largest absolute Gasteiger partial charge is 0.457 e. The fraction of sp³-hybridized carbons (Fsp3) is 0.0435. The van der Waals surface area contributed by atoms with Crippen LogP contribution in [0.1, 0.15) is 5.56 Å². The minimum atomic E-state index is -0.869. The molecule has 4 N–H and O–H groups in total. The zero-order chi connectivity index (χ0) is 24.6. The van der Waals surface area contributed by atoms with Crippen LogP contribution in [0.5, 0.6) is 11.5 Å². The van der Waals surface area contributed by atoms with Gasteiger partial charge in [-0.15, -0.1) is 10.2 Å². The lowest BCUT2D eigenvalue weighted by molar-refractivity contribution is -0.113. The number of hydrazone groups is 1. The van der Waals surface area contributed by atoms with Crippen LogP contribution in [0.2, 0.25) is 0 Å². The number of nitrogens with one attached hydrogen (secondary N) is 2. The molecule has 1 heterocycles. The van der Waals surface area contributed by atoms with Crippen molar-refractivity contribution >= 4 is 35.5 Å². The molecule has 0 unspecified atom stereocenters. The number of carbonyl (C=O) groups is 1. The molecule has 0 aliphatic heterocycles. The molecule has 0 saturated heterocycles. The maximum absolute atomic E-state index is 13.7. The SMILES string of the molecule is Nn1c(N/N=C/c2cccc(Oc3ccccc3)c2)nnc1SCC(=O)Nc1c(F)cccc1F. The van der Waals surface area contributed by atoms with Gasteiger partial charge in [0, 0.05) is 0 Å². The molecule has 4 rings (SSSR count). The lowest BCUT2D eigenvalue weighted by atomic mass is 10.2. The van der Waals surface area contributed by atoms with Crippen molar-refractivity contribution in [2.24, 2.45) is 5.10 Å². The highest BCUT2D eigenvalue weighted by Gasteiger charge is 2.15. The van der Waals surface area contributed by atoms with Crippen LogP contribution in [0.3, 0.4) is 0 Å². The van der Waals surface area contributed by atoms with Crippen molar-refractivity contribution in [2.75, 3.05) is 22.3 Å². The first kappa shape index (κ1) is 23.7. The van der Waals surface area contributed by atoms with E-state index in [4.69, 9.17) is 10.6 Å². The molecule has 0 radical (unpaired) electrons. The van der Waals surface area contributed by atoms with Crippen molar-refractivity contribution in [1.29, 1.82) is 0 Å². The number of ether oxygens (including phenoxy) is 1. The Morgan fingerprint density at radius 3 is 2.51 bits per heavy atom. The van der Waals surface area contributed by atoms with E-state index >= 15 is 0 Å². The fourth-order valence-corrected chi connectivity index (χ4v) is 3.48. The molecule has 3 aromatic carbocycles. The minimum absolute atomic E-state index is 0.126. The van der Waals surface area contributed by atoms with Crippen LogP contribution in [0.4, 0.5) is 20.4 Å². The number of benzene rings is 3. The number of nitrogens with two attached hydrogens (primary N) is 1. The zero-order valence-corrected chi connectivity index (χ0v) is 18.9. The third kappa shape index (κ3) is 6.32. The number of rotatable bonds is 9. The van der Waals surface area contributed by atoms with Gasteiger partial charge in [0.1, 0.15) is 28.8 Å². The molecule has 0 spiro atoms. The number of hydrogen-bond donors (Lipinski definition) is 3. The molecular weight excluding hydrogens is 476 g/mol. The third-order valence-corrected chi connectivity index (χ3v) is 5.38. The van der Waals surface area contributed by atoms with Crippen LogP contribution in [0.15, 0.2) is 83.1 Å². The number of nitrogens with zero attached hydrogens (tertiary/aromatic N) is 4. The first-order valence-corrected chi connectivity index (χ1v) is 11.2. The average Bonchev–Trinajstić information content (AvgIpc) is 3.20. The Labute approximate surface area is 203 Å². The molecule has 0 fully saturated rings. The van der Waals surface area contributed by atoms with Crippen LogP contribution in [-0.4, -0.2) is 32.7 Å². The molecule has 4 aromatic rings. The molecular formula is C23H19F2N7O2S. The van der Waals surface area contributed by atoms with Crippen LogP contribution >= 0.6 is 11.8 Å². The van der Waals surface area contributed by atoms with E-state index in [1.165, 1.54) is 6.07 Å². The van der Waals surface area contributed by atoms with E-state index in [2.05, 4.69) is 26.0 Å². The number of amides is 1. The molecule has 178 valence electrons. The number of halogens is 2. The monoisotopic (exact) mass is 495 g/mol. The number of carbonyl (C=O) groups excluding carboxylic acids is 1. The van der Waals surface area contributed by atoms with Gasteiger partial charge in [-0.3, -0.25) is 4.79 Å². The number of aromatic nitrogens is 3. The maximum Gasteiger partial charge on any atom is 0.264 e. The van der Waals surface area contributed by atoms with Crippen molar-refractivity contribution in [3.05, 3.63) is 90.0 Å². The Morgan fingerprint density at radius 2 is 1.74 bits per heavy atom. The lowest BCUT2D eigenvalue weighted by Gasteiger charge is -2.07. The standard InChI is InChI=1S/C23H19F2N7O2S/c24-18-10-5-11-19(25)21(18)28-20(33)14-35-23-31-30-22(32(23)26)29-27-13-15-6-4-9-17(12-15)34-16-7-2-1-3-8-16/h1-13H,14,26H2,(H,28,33)(H,29,30)/b27-13+. The molecule has 0 aliphatic rings. The summed E-state index contributed by atoms with van der Waals surface area (Å²) in [6.45, 7) is 0. The van der Waals surface area contributed by atoms with Gasteiger partial charge in [-0.05, 0) is 42.0 Å². The summed E-state index contributed by atoms with van der Waals surface area (Å²) in [5.74, 6) is 4.87. The van der Waals surface area contributed by atoms with Gasteiger partial charge < -0.3 is 15.9 Å². The van der Waals surface area contributed by atoms with Crippen molar-refractivity contribution in [1.82, 2.24) is 14.9 Å². The molecule has 0 bridgehead atoms.